The molecule has 30 heavy (non-hydrogen) atoms. The van der Waals surface area contributed by atoms with Gasteiger partial charge in [0.05, 0.1) is 5.75 Å². The molecule has 6 aliphatic rings. The molecule has 1 N–H and O–H groups in total. The Morgan fingerprint density at radius 3 is 2.27 bits per heavy atom. The standard InChI is InChI=1S/C23H35N5OS/c1-15-4-6-27(7-5-15)21-25-26-22(28(21)19-2-3-19)30-14-20(29)24-23-11-16-8-17(12-23)10-18(9-16)13-23/h15-19H,2-14H2,1H3,(H,24,29). The SMILES string of the molecule is CC1CCN(c2nnc(SCC(=O)NC34CC5CC(CC(C5)C3)C4)n2C2CC2)CC1. The average Bonchev–Trinajstić information content (AvgIpc) is 3.45. The first kappa shape index (κ1) is 19.4. The van der Waals surface area contributed by atoms with Gasteiger partial charge in [0.25, 0.3) is 0 Å². The molecule has 6 fully saturated rings. The normalized spacial score (nSPS) is 35.8. The van der Waals surface area contributed by atoms with Crippen LogP contribution in [0.25, 0.3) is 0 Å². The molecule has 1 aromatic heterocycles. The number of carbonyl (C=O) groups excluding carboxylic acids is 1. The summed E-state index contributed by atoms with van der Waals surface area (Å²) in [7, 11) is 0. The fourth-order valence-electron chi connectivity index (χ4n) is 7.17. The highest BCUT2D eigenvalue weighted by atomic mass is 32.2. The number of anilines is 1. The summed E-state index contributed by atoms with van der Waals surface area (Å²) >= 11 is 1.59. The fourth-order valence-corrected chi connectivity index (χ4v) is 7.97. The summed E-state index contributed by atoms with van der Waals surface area (Å²) in [5, 5.41) is 13.5. The Morgan fingerprint density at radius 2 is 1.67 bits per heavy atom. The van der Waals surface area contributed by atoms with Gasteiger partial charge in [0.1, 0.15) is 0 Å². The Kier molecular flexibility index (Phi) is 4.81. The van der Waals surface area contributed by atoms with Crippen molar-refractivity contribution in [1.82, 2.24) is 20.1 Å². The van der Waals surface area contributed by atoms with Crippen LogP contribution < -0.4 is 10.2 Å². The lowest BCUT2D eigenvalue weighted by atomic mass is 9.53. The minimum absolute atomic E-state index is 0.103. The maximum Gasteiger partial charge on any atom is 0.230 e. The molecule has 6 nitrogen and oxygen atoms in total. The predicted octanol–water partition coefficient (Wildman–Crippen LogP) is 4.03. The zero-order valence-electron chi connectivity index (χ0n) is 18.2. The molecule has 2 heterocycles. The molecule has 1 amide bonds. The second kappa shape index (κ2) is 7.42. The molecule has 1 aromatic rings. The lowest BCUT2D eigenvalue weighted by molar-refractivity contribution is -0.124. The van der Waals surface area contributed by atoms with E-state index >= 15 is 0 Å². The number of nitrogens with one attached hydrogen (secondary N) is 1. The number of hydrogen-bond acceptors (Lipinski definition) is 5. The van der Waals surface area contributed by atoms with Crippen LogP contribution in [0.4, 0.5) is 5.95 Å². The third kappa shape index (κ3) is 3.65. The maximum atomic E-state index is 12.9. The molecule has 0 aromatic carbocycles. The van der Waals surface area contributed by atoms with E-state index in [4.69, 9.17) is 0 Å². The highest BCUT2D eigenvalue weighted by Crippen LogP contribution is 2.55. The summed E-state index contributed by atoms with van der Waals surface area (Å²) in [6.07, 6.45) is 12.7. The molecule has 7 heteroatoms. The van der Waals surface area contributed by atoms with E-state index < -0.39 is 0 Å². The highest BCUT2D eigenvalue weighted by Gasteiger charge is 2.51. The number of piperidine rings is 1. The number of hydrogen-bond donors (Lipinski definition) is 1. The Labute approximate surface area is 183 Å². The van der Waals surface area contributed by atoms with E-state index in [-0.39, 0.29) is 11.4 Å². The predicted molar refractivity (Wildman–Crippen MR) is 119 cm³/mol. The molecule has 164 valence electrons. The van der Waals surface area contributed by atoms with Crippen molar-refractivity contribution in [3.05, 3.63) is 0 Å². The summed E-state index contributed by atoms with van der Waals surface area (Å²) in [6, 6.07) is 0.531. The monoisotopic (exact) mass is 429 g/mol. The van der Waals surface area contributed by atoms with Crippen LogP contribution in [0.1, 0.15) is 77.2 Å². The lowest BCUT2D eigenvalue weighted by Gasteiger charge is -2.56. The van der Waals surface area contributed by atoms with Crippen LogP contribution in [0, 0.1) is 23.7 Å². The Hall–Kier alpha value is -1.24. The topological polar surface area (TPSA) is 63.1 Å². The van der Waals surface area contributed by atoms with Gasteiger partial charge in [0.2, 0.25) is 11.9 Å². The van der Waals surface area contributed by atoms with Gasteiger partial charge in [0, 0.05) is 24.7 Å². The van der Waals surface area contributed by atoms with Crippen LogP contribution in [0.2, 0.25) is 0 Å². The minimum Gasteiger partial charge on any atom is -0.350 e. The quantitative estimate of drug-likeness (QED) is 0.692. The minimum atomic E-state index is 0.103. The number of amides is 1. The van der Waals surface area contributed by atoms with E-state index in [0.717, 1.165) is 47.9 Å². The molecule has 4 bridgehead atoms. The number of rotatable bonds is 6. The number of aromatic nitrogens is 3. The fraction of sp³-hybridized carbons (Fsp3) is 0.870. The Morgan fingerprint density at radius 1 is 1.03 bits per heavy atom. The highest BCUT2D eigenvalue weighted by molar-refractivity contribution is 7.99. The van der Waals surface area contributed by atoms with E-state index in [2.05, 4.69) is 31.9 Å². The number of carbonyl (C=O) groups is 1. The van der Waals surface area contributed by atoms with Crippen molar-refractivity contribution in [3.8, 4) is 0 Å². The van der Waals surface area contributed by atoms with Crippen molar-refractivity contribution in [3.63, 3.8) is 0 Å². The van der Waals surface area contributed by atoms with E-state index in [1.807, 2.05) is 0 Å². The zero-order chi connectivity index (χ0) is 20.3. The smallest absolute Gasteiger partial charge is 0.230 e. The Bertz CT molecular complexity index is 775. The van der Waals surface area contributed by atoms with Crippen molar-refractivity contribution in [2.24, 2.45) is 23.7 Å². The second-order valence-electron chi connectivity index (χ2n) is 11.1. The molecule has 1 aliphatic heterocycles. The van der Waals surface area contributed by atoms with E-state index in [1.54, 1.807) is 11.8 Å². The van der Waals surface area contributed by atoms with Crippen LogP contribution in [-0.4, -0.2) is 45.1 Å². The van der Waals surface area contributed by atoms with Crippen molar-refractivity contribution < 1.29 is 4.79 Å². The molecule has 1 saturated heterocycles. The number of nitrogens with zero attached hydrogens (tertiary/aromatic N) is 4. The van der Waals surface area contributed by atoms with Gasteiger partial charge in [-0.2, -0.15) is 0 Å². The number of thioether (sulfide) groups is 1. The van der Waals surface area contributed by atoms with Gasteiger partial charge in [-0.15, -0.1) is 10.2 Å². The van der Waals surface area contributed by atoms with Gasteiger partial charge in [-0.25, -0.2) is 0 Å². The summed E-state index contributed by atoms with van der Waals surface area (Å²) < 4.78 is 2.33. The first-order valence-corrected chi connectivity index (χ1v) is 13.2. The lowest BCUT2D eigenvalue weighted by Crippen LogP contribution is -2.60. The van der Waals surface area contributed by atoms with E-state index in [0.29, 0.717) is 11.8 Å². The molecule has 5 aliphatic carbocycles. The van der Waals surface area contributed by atoms with E-state index in [9.17, 15) is 4.79 Å². The van der Waals surface area contributed by atoms with Gasteiger partial charge in [-0.05, 0) is 87.9 Å². The van der Waals surface area contributed by atoms with E-state index in [1.165, 1.54) is 64.2 Å². The van der Waals surface area contributed by atoms with Crippen LogP contribution in [-0.2, 0) is 4.79 Å². The third-order valence-electron chi connectivity index (χ3n) is 8.40. The first-order valence-electron chi connectivity index (χ1n) is 12.2. The van der Waals surface area contributed by atoms with Gasteiger partial charge in [-0.1, -0.05) is 18.7 Å². The van der Waals surface area contributed by atoms with Crippen molar-refractivity contribution in [2.45, 2.75) is 87.9 Å². The average molecular weight is 430 g/mol. The summed E-state index contributed by atoms with van der Waals surface area (Å²) in [5.74, 6) is 5.07. The van der Waals surface area contributed by atoms with Crippen LogP contribution in [0.5, 0.6) is 0 Å². The molecule has 0 spiro atoms. The summed E-state index contributed by atoms with van der Waals surface area (Å²) in [4.78, 5) is 15.4. The summed E-state index contributed by atoms with van der Waals surface area (Å²) in [6.45, 7) is 4.49. The molecular weight excluding hydrogens is 394 g/mol. The van der Waals surface area contributed by atoms with Crippen LogP contribution >= 0.6 is 11.8 Å². The van der Waals surface area contributed by atoms with Crippen LogP contribution in [0.3, 0.4) is 0 Å². The molecule has 0 unspecified atom stereocenters. The van der Waals surface area contributed by atoms with Gasteiger partial charge in [-0.3, -0.25) is 9.36 Å². The van der Waals surface area contributed by atoms with Gasteiger partial charge >= 0.3 is 0 Å². The third-order valence-corrected chi connectivity index (χ3v) is 9.34. The molecule has 7 rings (SSSR count). The van der Waals surface area contributed by atoms with Crippen molar-refractivity contribution in [1.29, 1.82) is 0 Å². The van der Waals surface area contributed by atoms with Gasteiger partial charge in [0.15, 0.2) is 5.16 Å². The molecule has 0 atom stereocenters. The Balaban J connectivity index is 1.11. The maximum absolute atomic E-state index is 12.9. The molecule has 5 saturated carbocycles. The van der Waals surface area contributed by atoms with Crippen molar-refractivity contribution in [2.75, 3.05) is 23.7 Å². The second-order valence-corrected chi connectivity index (χ2v) is 12.0. The zero-order valence-corrected chi connectivity index (χ0v) is 19.0. The first-order chi connectivity index (χ1) is 14.6. The molecular formula is C23H35N5OS. The summed E-state index contributed by atoms with van der Waals surface area (Å²) in [5.41, 5.74) is 0.103. The van der Waals surface area contributed by atoms with Gasteiger partial charge < -0.3 is 10.2 Å². The van der Waals surface area contributed by atoms with Crippen LogP contribution in [0.15, 0.2) is 5.16 Å². The largest absolute Gasteiger partial charge is 0.350 e. The van der Waals surface area contributed by atoms with Crippen molar-refractivity contribution >= 4 is 23.6 Å². The molecule has 0 radical (unpaired) electrons.